The van der Waals surface area contributed by atoms with E-state index in [1.54, 1.807) is 12.5 Å². The highest BCUT2D eigenvalue weighted by atomic mass is 35.5. The lowest BCUT2D eigenvalue weighted by Gasteiger charge is -2.28. The van der Waals surface area contributed by atoms with E-state index in [9.17, 15) is 4.79 Å². The van der Waals surface area contributed by atoms with Gasteiger partial charge in [-0.3, -0.25) is 9.36 Å². The lowest BCUT2D eigenvalue weighted by molar-refractivity contribution is -0.121. The van der Waals surface area contributed by atoms with Crippen LogP contribution < -0.4 is 10.6 Å². The number of anilines is 3. The van der Waals surface area contributed by atoms with E-state index in [1.165, 1.54) is 6.33 Å². The third kappa shape index (κ3) is 4.45. The van der Waals surface area contributed by atoms with Crippen LogP contribution in [0.15, 0.2) is 79.6 Å². The number of amides is 1. The first-order valence-electron chi connectivity index (χ1n) is 10.9. The zero-order valence-corrected chi connectivity index (χ0v) is 18.7. The minimum Gasteiger partial charge on any atom is -0.340 e. The number of carbonyl (C=O) groups excluding carboxylic acids is 1. The Kier molecular flexibility index (Phi) is 5.79. The Morgan fingerprint density at radius 1 is 0.970 bits per heavy atom. The van der Waals surface area contributed by atoms with Crippen molar-refractivity contribution in [1.82, 2.24) is 19.5 Å². The van der Waals surface area contributed by atoms with E-state index in [0.29, 0.717) is 10.8 Å². The summed E-state index contributed by atoms with van der Waals surface area (Å²) in [6.45, 7) is 0. The second-order valence-corrected chi connectivity index (χ2v) is 8.62. The highest BCUT2D eigenvalue weighted by Gasteiger charge is 2.42. The first-order chi connectivity index (χ1) is 16.1. The van der Waals surface area contributed by atoms with E-state index in [-0.39, 0.29) is 5.91 Å². The van der Waals surface area contributed by atoms with Gasteiger partial charge in [-0.05, 0) is 54.8 Å². The second-order valence-electron chi connectivity index (χ2n) is 8.18. The molecule has 1 fully saturated rings. The molecule has 0 spiro atoms. The monoisotopic (exact) mass is 458 g/mol. The lowest BCUT2D eigenvalue weighted by atomic mass is 9.78. The summed E-state index contributed by atoms with van der Waals surface area (Å²) >= 11 is 6.06. The van der Waals surface area contributed by atoms with Crippen molar-refractivity contribution in [1.29, 1.82) is 0 Å². The topological polar surface area (TPSA) is 84.7 Å². The Labute approximate surface area is 196 Å². The molecule has 1 aliphatic rings. The maximum atomic E-state index is 13.4. The number of imidazole rings is 1. The number of rotatable bonds is 6. The fraction of sp³-hybridized carbons (Fsp3) is 0.200. The van der Waals surface area contributed by atoms with Gasteiger partial charge in [-0.25, -0.2) is 15.0 Å². The fourth-order valence-corrected chi connectivity index (χ4v) is 4.51. The molecule has 0 atom stereocenters. The average molecular weight is 459 g/mol. The number of benzene rings is 2. The van der Waals surface area contributed by atoms with Crippen LogP contribution in [0.1, 0.15) is 31.2 Å². The Bertz CT molecular complexity index is 1230. The Morgan fingerprint density at radius 2 is 1.70 bits per heavy atom. The van der Waals surface area contributed by atoms with Crippen molar-refractivity contribution in [3.05, 3.63) is 90.2 Å². The maximum absolute atomic E-state index is 13.4. The summed E-state index contributed by atoms with van der Waals surface area (Å²) in [6.07, 6.45) is 10.5. The van der Waals surface area contributed by atoms with Gasteiger partial charge in [0.1, 0.15) is 24.3 Å². The molecule has 0 saturated heterocycles. The molecule has 1 aliphatic carbocycles. The highest BCUT2D eigenvalue weighted by molar-refractivity contribution is 6.30. The van der Waals surface area contributed by atoms with Gasteiger partial charge in [0.2, 0.25) is 5.91 Å². The molecule has 2 heterocycles. The van der Waals surface area contributed by atoms with E-state index in [0.717, 1.165) is 48.4 Å². The van der Waals surface area contributed by atoms with Crippen LogP contribution in [0.3, 0.4) is 0 Å². The lowest BCUT2D eigenvalue weighted by Crippen LogP contribution is -2.37. The van der Waals surface area contributed by atoms with Crippen molar-refractivity contribution >= 4 is 34.7 Å². The molecule has 1 saturated carbocycles. The molecule has 33 heavy (non-hydrogen) atoms. The maximum Gasteiger partial charge on any atom is 0.235 e. The van der Waals surface area contributed by atoms with E-state index < -0.39 is 5.41 Å². The van der Waals surface area contributed by atoms with Crippen LogP contribution in [0, 0.1) is 0 Å². The minimum absolute atomic E-state index is 0.0313. The number of aromatic nitrogens is 4. The number of nitrogens with zero attached hydrogens (tertiary/aromatic N) is 4. The number of halogens is 1. The van der Waals surface area contributed by atoms with Crippen LogP contribution in [-0.4, -0.2) is 25.4 Å². The summed E-state index contributed by atoms with van der Waals surface area (Å²) in [4.78, 5) is 26.0. The SMILES string of the molecule is O=C(Nc1ccc(Nc2cc(-n3ccnc3)ncn2)cc1)C1(c2ccc(Cl)cc2)CCCC1. The van der Waals surface area contributed by atoms with Crippen molar-refractivity contribution in [2.75, 3.05) is 10.6 Å². The van der Waals surface area contributed by atoms with Crippen molar-refractivity contribution in [3.63, 3.8) is 0 Å². The van der Waals surface area contributed by atoms with Crippen LogP contribution in [0.4, 0.5) is 17.2 Å². The molecular formula is C25H23ClN6O. The van der Waals surface area contributed by atoms with Crippen LogP contribution in [0.5, 0.6) is 0 Å². The third-order valence-electron chi connectivity index (χ3n) is 6.13. The molecule has 7 nitrogen and oxygen atoms in total. The number of hydrogen-bond acceptors (Lipinski definition) is 5. The molecule has 1 amide bonds. The fourth-order valence-electron chi connectivity index (χ4n) is 4.38. The van der Waals surface area contributed by atoms with Gasteiger partial charge in [0.15, 0.2) is 0 Å². The van der Waals surface area contributed by atoms with Crippen LogP contribution >= 0.6 is 11.6 Å². The van der Waals surface area contributed by atoms with Gasteiger partial charge in [-0.15, -0.1) is 0 Å². The summed E-state index contributed by atoms with van der Waals surface area (Å²) < 4.78 is 1.81. The van der Waals surface area contributed by atoms with Gasteiger partial charge < -0.3 is 10.6 Å². The number of hydrogen-bond donors (Lipinski definition) is 2. The average Bonchev–Trinajstić information content (AvgIpc) is 3.54. The molecule has 2 aromatic heterocycles. The van der Waals surface area contributed by atoms with Crippen LogP contribution in [0.2, 0.25) is 5.02 Å². The van der Waals surface area contributed by atoms with Crippen LogP contribution in [-0.2, 0) is 10.2 Å². The summed E-state index contributed by atoms with van der Waals surface area (Å²) in [5.41, 5.74) is 2.13. The smallest absolute Gasteiger partial charge is 0.235 e. The molecule has 5 rings (SSSR count). The van der Waals surface area contributed by atoms with E-state index in [4.69, 9.17) is 11.6 Å². The summed E-state index contributed by atoms with van der Waals surface area (Å²) in [5, 5.41) is 7.07. The third-order valence-corrected chi connectivity index (χ3v) is 6.38. The molecule has 0 unspecified atom stereocenters. The Hall–Kier alpha value is -3.71. The first kappa shape index (κ1) is 21.2. The largest absolute Gasteiger partial charge is 0.340 e. The van der Waals surface area contributed by atoms with Gasteiger partial charge in [-0.2, -0.15) is 0 Å². The van der Waals surface area contributed by atoms with E-state index in [2.05, 4.69) is 25.6 Å². The molecule has 0 radical (unpaired) electrons. The van der Waals surface area contributed by atoms with E-state index in [1.807, 2.05) is 65.4 Å². The van der Waals surface area contributed by atoms with Crippen molar-refractivity contribution < 1.29 is 4.79 Å². The van der Waals surface area contributed by atoms with Gasteiger partial charge >= 0.3 is 0 Å². The Morgan fingerprint density at radius 3 is 2.39 bits per heavy atom. The zero-order chi connectivity index (χ0) is 22.7. The normalized spacial score (nSPS) is 14.7. The minimum atomic E-state index is -0.508. The molecule has 166 valence electrons. The number of carbonyl (C=O) groups is 1. The molecule has 0 aliphatic heterocycles. The molecule has 4 aromatic rings. The highest BCUT2D eigenvalue weighted by Crippen LogP contribution is 2.42. The first-order valence-corrected chi connectivity index (χ1v) is 11.3. The van der Waals surface area contributed by atoms with Gasteiger partial charge in [0.05, 0.1) is 5.41 Å². The molecular weight excluding hydrogens is 436 g/mol. The van der Waals surface area contributed by atoms with Crippen LogP contribution in [0.25, 0.3) is 5.82 Å². The van der Waals surface area contributed by atoms with Gasteiger partial charge in [0.25, 0.3) is 0 Å². The summed E-state index contributed by atoms with van der Waals surface area (Å²) in [5.74, 6) is 1.42. The molecule has 2 aromatic carbocycles. The van der Waals surface area contributed by atoms with Crippen molar-refractivity contribution in [3.8, 4) is 5.82 Å². The predicted octanol–water partition coefficient (Wildman–Crippen LogP) is 5.51. The number of nitrogens with one attached hydrogen (secondary N) is 2. The quantitative estimate of drug-likeness (QED) is 0.398. The molecule has 8 heteroatoms. The predicted molar refractivity (Wildman–Crippen MR) is 129 cm³/mol. The second kappa shape index (κ2) is 9.03. The van der Waals surface area contributed by atoms with Crippen molar-refractivity contribution in [2.24, 2.45) is 0 Å². The standard InChI is InChI=1S/C25H23ClN6O/c26-19-5-3-18(4-6-19)25(11-1-2-12-25)24(33)31-21-9-7-20(8-10-21)30-22-15-23(29-16-28-22)32-14-13-27-17-32/h3-10,13-17H,1-2,11-12H2,(H,31,33)(H,28,29,30). The van der Waals surface area contributed by atoms with Gasteiger partial charge in [0, 0.05) is 34.9 Å². The summed E-state index contributed by atoms with van der Waals surface area (Å²) in [6, 6.07) is 17.1. The summed E-state index contributed by atoms with van der Waals surface area (Å²) in [7, 11) is 0. The van der Waals surface area contributed by atoms with E-state index >= 15 is 0 Å². The molecule has 0 bridgehead atoms. The molecule has 2 N–H and O–H groups in total. The van der Waals surface area contributed by atoms with Crippen molar-refractivity contribution in [2.45, 2.75) is 31.1 Å². The Balaban J connectivity index is 1.29. The van der Waals surface area contributed by atoms with Gasteiger partial charge in [-0.1, -0.05) is 36.6 Å². The zero-order valence-electron chi connectivity index (χ0n) is 17.9.